The molecule has 1 aliphatic heterocycles. The lowest BCUT2D eigenvalue weighted by Gasteiger charge is -2.32. The van der Waals surface area contributed by atoms with Crippen LogP contribution in [-0.4, -0.2) is 29.8 Å². The Morgan fingerprint density at radius 3 is 2.58 bits per heavy atom. The molecule has 1 aliphatic carbocycles. The van der Waals surface area contributed by atoms with Gasteiger partial charge in [0, 0.05) is 11.6 Å². The van der Waals surface area contributed by atoms with Crippen molar-refractivity contribution < 1.29 is 4.79 Å². The Morgan fingerprint density at radius 2 is 1.79 bits per heavy atom. The Balaban J connectivity index is 1.58. The van der Waals surface area contributed by atoms with Crippen LogP contribution in [0.3, 0.4) is 0 Å². The number of fused-ring (bicyclic) bond motifs is 1. The third kappa shape index (κ3) is 3.03. The molecule has 2 aromatic carbocycles. The van der Waals surface area contributed by atoms with Gasteiger partial charge in [0.05, 0.1) is 0 Å². The first-order valence-electron chi connectivity index (χ1n) is 9.18. The van der Waals surface area contributed by atoms with E-state index < -0.39 is 0 Å². The zero-order valence-electron chi connectivity index (χ0n) is 14.4. The van der Waals surface area contributed by atoms with Crippen molar-refractivity contribution in [2.75, 3.05) is 13.1 Å². The largest absolute Gasteiger partial charge is 0.300 e. The second-order valence-corrected chi connectivity index (χ2v) is 7.26. The molecule has 0 spiro atoms. The Labute approximate surface area is 144 Å². The van der Waals surface area contributed by atoms with Crippen LogP contribution in [-0.2, 0) is 12.8 Å². The number of nitrogens with zero attached hydrogens (tertiary/aromatic N) is 1. The highest BCUT2D eigenvalue weighted by molar-refractivity contribution is 5.95. The van der Waals surface area contributed by atoms with Gasteiger partial charge in [0.15, 0.2) is 5.78 Å². The molecule has 1 fully saturated rings. The number of ketones is 1. The van der Waals surface area contributed by atoms with Crippen LogP contribution in [0.5, 0.6) is 0 Å². The predicted molar refractivity (Wildman–Crippen MR) is 98.5 cm³/mol. The van der Waals surface area contributed by atoms with E-state index in [0.717, 1.165) is 17.2 Å². The first-order chi connectivity index (χ1) is 11.7. The van der Waals surface area contributed by atoms with Crippen LogP contribution in [0.1, 0.15) is 47.7 Å². The standard InChI is InChI=1S/C22H25NO/c1-16(24)17-5-4-6-18(13-17)19-7-8-21-15-22(10-9-20(21)14-19)23-11-2-3-12-23/h4-8,13-14,22H,2-3,9-12,15H2,1H3. The molecule has 124 valence electrons. The molecular weight excluding hydrogens is 294 g/mol. The van der Waals surface area contributed by atoms with Gasteiger partial charge in [-0.15, -0.1) is 0 Å². The van der Waals surface area contributed by atoms with Gasteiger partial charge >= 0.3 is 0 Å². The van der Waals surface area contributed by atoms with E-state index in [-0.39, 0.29) is 5.78 Å². The maximum absolute atomic E-state index is 11.6. The van der Waals surface area contributed by atoms with Crippen molar-refractivity contribution in [2.45, 2.75) is 45.1 Å². The van der Waals surface area contributed by atoms with Gasteiger partial charge in [0.2, 0.25) is 0 Å². The average molecular weight is 319 g/mol. The van der Waals surface area contributed by atoms with E-state index in [1.807, 2.05) is 18.2 Å². The summed E-state index contributed by atoms with van der Waals surface area (Å²) in [4.78, 5) is 14.3. The van der Waals surface area contributed by atoms with Crippen molar-refractivity contribution >= 4 is 5.78 Å². The van der Waals surface area contributed by atoms with E-state index in [1.54, 1.807) is 6.92 Å². The fourth-order valence-corrected chi connectivity index (χ4v) is 4.25. The third-order valence-electron chi connectivity index (χ3n) is 5.67. The van der Waals surface area contributed by atoms with Gasteiger partial charge in [-0.1, -0.05) is 36.4 Å². The number of Topliss-reactive ketones (excluding diaryl/α,β-unsaturated/α-hetero) is 1. The Hall–Kier alpha value is -1.93. The Morgan fingerprint density at radius 1 is 1.00 bits per heavy atom. The summed E-state index contributed by atoms with van der Waals surface area (Å²) in [6, 6.07) is 15.6. The summed E-state index contributed by atoms with van der Waals surface area (Å²) in [7, 11) is 0. The van der Waals surface area contributed by atoms with Crippen molar-refractivity contribution in [1.82, 2.24) is 4.90 Å². The van der Waals surface area contributed by atoms with E-state index in [2.05, 4.69) is 29.2 Å². The molecule has 1 saturated heterocycles. The summed E-state index contributed by atoms with van der Waals surface area (Å²) < 4.78 is 0. The molecule has 2 aliphatic rings. The number of hydrogen-bond donors (Lipinski definition) is 0. The van der Waals surface area contributed by atoms with Crippen molar-refractivity contribution in [3.8, 4) is 11.1 Å². The van der Waals surface area contributed by atoms with E-state index in [1.165, 1.54) is 61.9 Å². The summed E-state index contributed by atoms with van der Waals surface area (Å²) in [6.07, 6.45) is 6.40. The van der Waals surface area contributed by atoms with Crippen LogP contribution in [0.25, 0.3) is 11.1 Å². The van der Waals surface area contributed by atoms with Gasteiger partial charge in [-0.3, -0.25) is 4.79 Å². The topological polar surface area (TPSA) is 20.3 Å². The van der Waals surface area contributed by atoms with Gasteiger partial charge in [0.1, 0.15) is 0 Å². The maximum atomic E-state index is 11.6. The lowest BCUT2D eigenvalue weighted by Crippen LogP contribution is -2.37. The van der Waals surface area contributed by atoms with Crippen molar-refractivity contribution in [3.05, 3.63) is 59.2 Å². The molecule has 2 aromatic rings. The zero-order valence-corrected chi connectivity index (χ0v) is 14.4. The smallest absolute Gasteiger partial charge is 0.159 e. The monoisotopic (exact) mass is 319 g/mol. The normalized spacial score (nSPS) is 20.8. The number of carbonyl (C=O) groups is 1. The highest BCUT2D eigenvalue weighted by atomic mass is 16.1. The molecule has 0 radical (unpaired) electrons. The van der Waals surface area contributed by atoms with Gasteiger partial charge in [-0.25, -0.2) is 0 Å². The summed E-state index contributed by atoms with van der Waals surface area (Å²) in [5.74, 6) is 0.128. The molecule has 1 atom stereocenters. The van der Waals surface area contributed by atoms with E-state index in [0.29, 0.717) is 0 Å². The SMILES string of the molecule is CC(=O)c1cccc(-c2ccc3c(c2)CCC(N2CCCC2)C3)c1. The molecule has 1 heterocycles. The Bertz CT molecular complexity index is 758. The first kappa shape index (κ1) is 15.6. The molecule has 0 N–H and O–H groups in total. The minimum Gasteiger partial charge on any atom is -0.300 e. The lowest BCUT2D eigenvalue weighted by atomic mass is 9.85. The van der Waals surface area contributed by atoms with Crippen LogP contribution in [0.15, 0.2) is 42.5 Å². The molecule has 0 bridgehead atoms. The van der Waals surface area contributed by atoms with E-state index in [4.69, 9.17) is 0 Å². The number of hydrogen-bond acceptors (Lipinski definition) is 2. The van der Waals surface area contributed by atoms with Crippen molar-refractivity contribution in [1.29, 1.82) is 0 Å². The second-order valence-electron chi connectivity index (χ2n) is 7.26. The number of rotatable bonds is 3. The quantitative estimate of drug-likeness (QED) is 0.776. The summed E-state index contributed by atoms with van der Waals surface area (Å²) >= 11 is 0. The minimum absolute atomic E-state index is 0.128. The van der Waals surface area contributed by atoms with Crippen LogP contribution in [0.4, 0.5) is 0 Å². The molecule has 24 heavy (non-hydrogen) atoms. The first-order valence-corrected chi connectivity index (χ1v) is 9.18. The highest BCUT2D eigenvalue weighted by Gasteiger charge is 2.26. The van der Waals surface area contributed by atoms with Crippen LogP contribution in [0.2, 0.25) is 0 Å². The fraction of sp³-hybridized carbons (Fsp3) is 0.409. The van der Waals surface area contributed by atoms with Gasteiger partial charge in [-0.05, 0) is 80.4 Å². The van der Waals surface area contributed by atoms with Gasteiger partial charge < -0.3 is 4.90 Å². The molecule has 0 saturated carbocycles. The van der Waals surface area contributed by atoms with E-state index in [9.17, 15) is 4.79 Å². The zero-order chi connectivity index (χ0) is 16.5. The second kappa shape index (κ2) is 6.52. The molecule has 1 unspecified atom stereocenters. The van der Waals surface area contributed by atoms with Gasteiger partial charge in [-0.2, -0.15) is 0 Å². The molecule has 2 heteroatoms. The summed E-state index contributed by atoms with van der Waals surface area (Å²) in [5, 5.41) is 0. The summed E-state index contributed by atoms with van der Waals surface area (Å²) in [6.45, 7) is 4.20. The van der Waals surface area contributed by atoms with Crippen molar-refractivity contribution in [2.24, 2.45) is 0 Å². The Kier molecular flexibility index (Phi) is 4.24. The molecule has 4 rings (SSSR count). The molecule has 0 amide bonds. The minimum atomic E-state index is 0.128. The fourth-order valence-electron chi connectivity index (χ4n) is 4.25. The van der Waals surface area contributed by atoms with Crippen molar-refractivity contribution in [3.63, 3.8) is 0 Å². The molecular formula is C22H25NO. The molecule has 0 aromatic heterocycles. The number of benzene rings is 2. The summed E-state index contributed by atoms with van der Waals surface area (Å²) in [5.41, 5.74) is 6.18. The average Bonchev–Trinajstić information content (AvgIpc) is 3.15. The van der Waals surface area contributed by atoms with Crippen LogP contribution >= 0.6 is 0 Å². The molecule has 2 nitrogen and oxygen atoms in total. The number of aryl methyl sites for hydroxylation is 1. The van der Waals surface area contributed by atoms with Crippen LogP contribution in [0, 0.1) is 0 Å². The maximum Gasteiger partial charge on any atom is 0.159 e. The van der Waals surface area contributed by atoms with Gasteiger partial charge in [0.25, 0.3) is 0 Å². The third-order valence-corrected chi connectivity index (χ3v) is 5.67. The lowest BCUT2D eigenvalue weighted by molar-refractivity contribution is 0.101. The highest BCUT2D eigenvalue weighted by Crippen LogP contribution is 2.30. The number of likely N-dealkylation sites (tertiary alicyclic amines) is 1. The van der Waals surface area contributed by atoms with Crippen LogP contribution < -0.4 is 0 Å². The van der Waals surface area contributed by atoms with E-state index >= 15 is 0 Å². The number of carbonyl (C=O) groups excluding carboxylic acids is 1. The predicted octanol–water partition coefficient (Wildman–Crippen LogP) is 4.51.